The van der Waals surface area contributed by atoms with Crippen LogP contribution in [0.25, 0.3) is 0 Å². The van der Waals surface area contributed by atoms with Crippen molar-refractivity contribution in [3.63, 3.8) is 0 Å². The fourth-order valence-corrected chi connectivity index (χ4v) is 0. The van der Waals surface area contributed by atoms with E-state index in [4.69, 9.17) is 15.0 Å². The van der Waals surface area contributed by atoms with Gasteiger partial charge < -0.3 is 15.0 Å². The molecular formula is CGeO3-2. The summed E-state index contributed by atoms with van der Waals surface area (Å²) in [6, 6.07) is 0. The maximum Gasteiger partial charge on any atom is 0 e. The second-order valence-electron chi connectivity index (χ2n) is 0.250. The van der Waals surface area contributed by atoms with E-state index < -0.39 is 6.16 Å². The van der Waals surface area contributed by atoms with Crippen molar-refractivity contribution in [2.45, 2.75) is 0 Å². The number of carbonyl (C=O) groups excluding carboxylic acids is 1. The van der Waals surface area contributed by atoms with Gasteiger partial charge in [0.25, 0.3) is 0 Å². The molecule has 0 aromatic carbocycles. The van der Waals surface area contributed by atoms with Crippen LogP contribution in [0.5, 0.6) is 0 Å². The summed E-state index contributed by atoms with van der Waals surface area (Å²) >= 11 is 0. The summed E-state index contributed by atoms with van der Waals surface area (Å²) < 4.78 is 0. The van der Waals surface area contributed by atoms with E-state index in [2.05, 4.69) is 0 Å². The molecule has 0 aliphatic rings. The van der Waals surface area contributed by atoms with Crippen molar-refractivity contribution < 1.29 is 15.0 Å². The molecule has 5 heavy (non-hydrogen) atoms. The van der Waals surface area contributed by atoms with E-state index in [1.165, 1.54) is 0 Å². The van der Waals surface area contributed by atoms with Crippen LogP contribution in [0.1, 0.15) is 0 Å². The van der Waals surface area contributed by atoms with Gasteiger partial charge in [0, 0.05) is 17.6 Å². The van der Waals surface area contributed by atoms with E-state index in [1.807, 2.05) is 0 Å². The quantitative estimate of drug-likeness (QED) is 0.334. The first-order valence-corrected chi connectivity index (χ1v) is 0.612. The molecule has 0 heterocycles. The van der Waals surface area contributed by atoms with Gasteiger partial charge in [-0.3, -0.25) is 0 Å². The smallest absolute Gasteiger partial charge is 0 e. The van der Waals surface area contributed by atoms with E-state index in [-0.39, 0.29) is 17.6 Å². The van der Waals surface area contributed by atoms with Gasteiger partial charge in [-0.05, 0) is 6.16 Å². The van der Waals surface area contributed by atoms with Crippen molar-refractivity contribution in [3.05, 3.63) is 0 Å². The molecule has 0 N–H and O–H groups in total. The standard InChI is InChI=1S/CH2O3.Ge/c2-1(3)4;/h(H2,2,3,4);/p-2. The van der Waals surface area contributed by atoms with E-state index in [0.717, 1.165) is 0 Å². The third-order valence-corrected chi connectivity index (χ3v) is 0. The van der Waals surface area contributed by atoms with E-state index in [1.54, 1.807) is 0 Å². The van der Waals surface area contributed by atoms with Crippen molar-refractivity contribution in [3.8, 4) is 0 Å². The first-order valence-electron chi connectivity index (χ1n) is 0.612. The molecular weight excluding hydrogens is 133 g/mol. The normalized spacial score (nSPS) is 4.80. The van der Waals surface area contributed by atoms with Crippen LogP contribution in [0.3, 0.4) is 0 Å². The summed E-state index contributed by atoms with van der Waals surface area (Å²) in [5.41, 5.74) is 0. The Kier molecular flexibility index (Phi) is 6.74. The SMILES string of the molecule is O=C([O-])[O-].[Ge]. The van der Waals surface area contributed by atoms with Gasteiger partial charge in [-0.25, -0.2) is 0 Å². The van der Waals surface area contributed by atoms with Crippen molar-refractivity contribution in [1.82, 2.24) is 0 Å². The minimum absolute atomic E-state index is 0. The van der Waals surface area contributed by atoms with Crippen LogP contribution in [0, 0.1) is 0 Å². The Morgan fingerprint density at radius 1 is 1.40 bits per heavy atom. The molecule has 0 amide bonds. The molecule has 0 aliphatic carbocycles. The predicted molar refractivity (Wildman–Crippen MR) is 11.1 cm³/mol. The molecule has 0 bridgehead atoms. The molecule has 0 fully saturated rings. The molecule has 0 saturated carbocycles. The first kappa shape index (κ1) is 8.84. The topological polar surface area (TPSA) is 63.2 Å². The van der Waals surface area contributed by atoms with Gasteiger partial charge in [-0.1, -0.05) is 0 Å². The fourth-order valence-electron chi connectivity index (χ4n) is 0. The number of hydrogen-bond donors (Lipinski definition) is 0. The summed E-state index contributed by atoms with van der Waals surface area (Å²) in [6.45, 7) is 0. The van der Waals surface area contributed by atoms with Crippen LogP contribution in [-0.4, -0.2) is 23.8 Å². The largest absolute Gasteiger partial charge is 0.652 e. The van der Waals surface area contributed by atoms with Gasteiger partial charge in [-0.2, -0.15) is 0 Å². The summed E-state index contributed by atoms with van der Waals surface area (Å²) in [7, 11) is 0. The monoisotopic (exact) mass is 134 g/mol. The number of carboxylic acid groups (broad SMARTS) is 2. The van der Waals surface area contributed by atoms with Crippen molar-refractivity contribution in [2.75, 3.05) is 0 Å². The number of hydrogen-bond acceptors (Lipinski definition) is 3. The Balaban J connectivity index is 0. The third kappa shape index (κ3) is 358. The Bertz CT molecular complexity index is 29.9. The molecule has 0 spiro atoms. The van der Waals surface area contributed by atoms with Crippen molar-refractivity contribution >= 4 is 23.8 Å². The number of carbonyl (C=O) groups is 1. The van der Waals surface area contributed by atoms with Gasteiger partial charge in [0.15, 0.2) is 0 Å². The summed E-state index contributed by atoms with van der Waals surface area (Å²) in [5.74, 6) is 0. The zero-order valence-corrected chi connectivity index (χ0v) is 4.32. The molecule has 0 rings (SSSR count). The first-order chi connectivity index (χ1) is 1.73. The fraction of sp³-hybridized carbons (Fsp3) is 0. The average Bonchev–Trinajstić information content (AvgIpc) is 0.811. The average molecular weight is 133 g/mol. The maximum atomic E-state index is 8.33. The summed E-state index contributed by atoms with van der Waals surface area (Å²) in [6.07, 6.45) is -2.33. The molecule has 28 valence electrons. The van der Waals surface area contributed by atoms with E-state index in [0.29, 0.717) is 0 Å². The number of rotatable bonds is 0. The Labute approximate surface area is 39.6 Å². The molecule has 0 saturated heterocycles. The van der Waals surface area contributed by atoms with Crippen LogP contribution < -0.4 is 10.2 Å². The molecule has 0 unspecified atom stereocenters. The summed E-state index contributed by atoms with van der Waals surface area (Å²) in [4.78, 5) is 8.33. The van der Waals surface area contributed by atoms with Crippen LogP contribution in [0.4, 0.5) is 4.79 Å². The van der Waals surface area contributed by atoms with Crippen LogP contribution >= 0.6 is 0 Å². The minimum atomic E-state index is -2.33. The van der Waals surface area contributed by atoms with E-state index >= 15 is 0 Å². The Morgan fingerprint density at radius 2 is 1.40 bits per heavy atom. The summed E-state index contributed by atoms with van der Waals surface area (Å²) in [5, 5.41) is 16.7. The molecule has 3 nitrogen and oxygen atoms in total. The molecule has 4 heteroatoms. The van der Waals surface area contributed by atoms with Crippen molar-refractivity contribution in [2.24, 2.45) is 0 Å². The minimum Gasteiger partial charge on any atom is -0.652 e. The van der Waals surface area contributed by atoms with Crippen LogP contribution in [0.15, 0.2) is 0 Å². The van der Waals surface area contributed by atoms with E-state index in [9.17, 15) is 0 Å². The van der Waals surface area contributed by atoms with Crippen LogP contribution in [0.2, 0.25) is 0 Å². The molecule has 0 aromatic heterocycles. The maximum absolute atomic E-state index is 8.33. The van der Waals surface area contributed by atoms with Gasteiger partial charge >= 0.3 is 0 Å². The van der Waals surface area contributed by atoms with Crippen molar-refractivity contribution in [1.29, 1.82) is 0 Å². The van der Waals surface area contributed by atoms with Crippen LogP contribution in [-0.2, 0) is 0 Å². The Hall–Kier alpha value is -0.187. The molecule has 4 radical (unpaired) electrons. The zero-order valence-electron chi connectivity index (χ0n) is 2.22. The molecule has 0 aromatic rings. The second kappa shape index (κ2) is 3.81. The zero-order chi connectivity index (χ0) is 3.58. The molecule has 0 atom stereocenters. The van der Waals surface area contributed by atoms with Gasteiger partial charge in [-0.15, -0.1) is 0 Å². The van der Waals surface area contributed by atoms with Gasteiger partial charge in [0.05, 0.1) is 0 Å². The van der Waals surface area contributed by atoms with Gasteiger partial charge in [0.1, 0.15) is 0 Å². The van der Waals surface area contributed by atoms with Gasteiger partial charge in [0.2, 0.25) is 0 Å². The Morgan fingerprint density at radius 3 is 1.40 bits per heavy atom. The molecule has 0 aliphatic heterocycles. The third-order valence-electron chi connectivity index (χ3n) is 0. The second-order valence-corrected chi connectivity index (χ2v) is 0.250. The predicted octanol–water partition coefficient (Wildman–Crippen LogP) is -2.83.